The molecule has 0 spiro atoms. The highest BCUT2D eigenvalue weighted by molar-refractivity contribution is 6.30. The van der Waals surface area contributed by atoms with E-state index in [2.05, 4.69) is 39.5 Å². The lowest BCUT2D eigenvalue weighted by molar-refractivity contribution is 0.222. The first kappa shape index (κ1) is 18.3. The molecule has 1 atom stereocenters. The van der Waals surface area contributed by atoms with Crippen LogP contribution in [0.3, 0.4) is 0 Å². The Balaban J connectivity index is 1.63. The van der Waals surface area contributed by atoms with E-state index < -0.39 is 0 Å². The van der Waals surface area contributed by atoms with Gasteiger partial charge in [-0.15, -0.1) is 0 Å². The second-order valence-electron chi connectivity index (χ2n) is 6.75. The lowest BCUT2D eigenvalue weighted by Crippen LogP contribution is -2.44. The van der Waals surface area contributed by atoms with Gasteiger partial charge in [0.1, 0.15) is 0 Å². The number of nitrogens with two attached hydrogens (primary N) is 1. The van der Waals surface area contributed by atoms with Gasteiger partial charge in [0.15, 0.2) is 0 Å². The molecule has 1 aliphatic heterocycles. The molecule has 2 heterocycles. The van der Waals surface area contributed by atoms with E-state index in [1.54, 1.807) is 6.20 Å². The molecule has 0 radical (unpaired) electrons. The summed E-state index contributed by atoms with van der Waals surface area (Å²) in [5.41, 5.74) is 9.58. The number of aromatic nitrogens is 1. The van der Waals surface area contributed by atoms with Crippen molar-refractivity contribution in [3.63, 3.8) is 0 Å². The van der Waals surface area contributed by atoms with E-state index in [0.717, 1.165) is 62.7 Å². The minimum absolute atomic E-state index is 0.465. The smallest absolute Gasteiger partial charge is 0.0558 e. The van der Waals surface area contributed by atoms with E-state index in [0.29, 0.717) is 6.04 Å². The van der Waals surface area contributed by atoms with E-state index in [1.807, 2.05) is 12.1 Å². The average molecular weight is 359 g/mol. The van der Waals surface area contributed by atoms with Gasteiger partial charge in [-0.25, -0.2) is 0 Å². The maximum Gasteiger partial charge on any atom is 0.0558 e. The summed E-state index contributed by atoms with van der Waals surface area (Å²) in [4.78, 5) is 6.94. The summed E-state index contributed by atoms with van der Waals surface area (Å²) in [6, 6.07) is 13.0. The van der Waals surface area contributed by atoms with Crippen LogP contribution in [0.5, 0.6) is 0 Å². The number of nitrogens with zero attached hydrogens (tertiary/aromatic N) is 2. The third-order valence-electron chi connectivity index (χ3n) is 4.74. The lowest BCUT2D eigenvalue weighted by Gasteiger charge is -2.31. The predicted molar refractivity (Wildman–Crippen MR) is 104 cm³/mol. The molecule has 0 saturated carbocycles. The Morgan fingerprint density at radius 3 is 2.84 bits per heavy atom. The first-order valence-electron chi connectivity index (χ1n) is 9.07. The van der Waals surface area contributed by atoms with Crippen molar-refractivity contribution in [2.24, 2.45) is 5.73 Å². The molecular formula is C20H27ClN4. The molecule has 3 N–H and O–H groups in total. The van der Waals surface area contributed by atoms with Crippen LogP contribution < -0.4 is 11.1 Å². The van der Waals surface area contributed by atoms with E-state index in [9.17, 15) is 0 Å². The van der Waals surface area contributed by atoms with Crippen LogP contribution in [0.1, 0.15) is 29.7 Å². The number of pyridine rings is 1. The molecule has 0 saturated heterocycles. The van der Waals surface area contributed by atoms with Gasteiger partial charge in [0.05, 0.1) is 5.69 Å². The summed E-state index contributed by atoms with van der Waals surface area (Å²) in [6.07, 6.45) is 5.03. The van der Waals surface area contributed by atoms with E-state index in [-0.39, 0.29) is 0 Å². The van der Waals surface area contributed by atoms with Gasteiger partial charge < -0.3 is 11.1 Å². The van der Waals surface area contributed by atoms with Gasteiger partial charge in [-0.3, -0.25) is 9.88 Å². The Morgan fingerprint density at radius 1 is 1.20 bits per heavy atom. The molecule has 1 aromatic carbocycles. The minimum Gasteiger partial charge on any atom is -0.330 e. The van der Waals surface area contributed by atoms with Crippen LogP contribution in [0.2, 0.25) is 5.02 Å². The number of hydrogen-bond donors (Lipinski definition) is 2. The highest BCUT2D eigenvalue weighted by Gasteiger charge is 2.20. The summed E-state index contributed by atoms with van der Waals surface area (Å²) in [5.74, 6) is 0. The number of nitrogens with one attached hydrogen (secondary N) is 1. The SMILES string of the molecule is NCCCCN(Cc1cc(Cl)ccn1)CC1Cc2ccccc2CN1. The molecule has 1 unspecified atom stereocenters. The van der Waals surface area contributed by atoms with Gasteiger partial charge in [-0.05, 0) is 55.6 Å². The Morgan fingerprint density at radius 2 is 2.04 bits per heavy atom. The molecule has 2 aromatic rings. The highest BCUT2D eigenvalue weighted by Crippen LogP contribution is 2.18. The average Bonchev–Trinajstić information content (AvgIpc) is 2.62. The van der Waals surface area contributed by atoms with E-state index in [4.69, 9.17) is 17.3 Å². The van der Waals surface area contributed by atoms with Crippen LogP contribution in [0.15, 0.2) is 42.6 Å². The summed E-state index contributed by atoms with van der Waals surface area (Å²) in [6.45, 7) is 4.56. The monoisotopic (exact) mass is 358 g/mol. The first-order valence-corrected chi connectivity index (χ1v) is 9.45. The zero-order chi connectivity index (χ0) is 17.5. The maximum absolute atomic E-state index is 6.12. The topological polar surface area (TPSA) is 54.2 Å². The quantitative estimate of drug-likeness (QED) is 0.712. The third kappa shape index (κ3) is 5.51. The molecule has 1 aliphatic rings. The Hall–Kier alpha value is -1.46. The molecule has 0 amide bonds. The number of unbranched alkanes of at least 4 members (excludes halogenated alkanes) is 1. The number of benzene rings is 1. The van der Waals surface area contributed by atoms with Crippen LogP contribution in [0.25, 0.3) is 0 Å². The van der Waals surface area contributed by atoms with Crippen molar-refractivity contribution in [2.45, 2.75) is 38.4 Å². The minimum atomic E-state index is 0.465. The predicted octanol–water partition coefficient (Wildman–Crippen LogP) is 2.99. The van der Waals surface area contributed by atoms with Gasteiger partial charge in [-0.2, -0.15) is 0 Å². The molecule has 25 heavy (non-hydrogen) atoms. The highest BCUT2D eigenvalue weighted by atomic mass is 35.5. The van der Waals surface area contributed by atoms with Crippen LogP contribution in [-0.4, -0.2) is 35.6 Å². The third-order valence-corrected chi connectivity index (χ3v) is 4.97. The van der Waals surface area contributed by atoms with Crippen LogP contribution in [0, 0.1) is 0 Å². The van der Waals surface area contributed by atoms with Crippen molar-refractivity contribution in [3.8, 4) is 0 Å². The second kappa shape index (κ2) is 9.30. The molecule has 3 rings (SSSR count). The zero-order valence-electron chi connectivity index (χ0n) is 14.6. The first-order chi connectivity index (χ1) is 12.2. The molecule has 0 bridgehead atoms. The van der Waals surface area contributed by atoms with E-state index >= 15 is 0 Å². The fourth-order valence-electron chi connectivity index (χ4n) is 3.44. The van der Waals surface area contributed by atoms with Gasteiger partial charge in [0.25, 0.3) is 0 Å². The molecule has 4 nitrogen and oxygen atoms in total. The summed E-state index contributed by atoms with van der Waals surface area (Å²) >= 11 is 6.12. The van der Waals surface area contributed by atoms with Gasteiger partial charge in [-0.1, -0.05) is 35.9 Å². The van der Waals surface area contributed by atoms with Crippen molar-refractivity contribution in [1.82, 2.24) is 15.2 Å². The van der Waals surface area contributed by atoms with E-state index in [1.165, 1.54) is 11.1 Å². The maximum atomic E-state index is 6.12. The summed E-state index contributed by atoms with van der Waals surface area (Å²) in [5, 5.41) is 4.43. The largest absolute Gasteiger partial charge is 0.330 e. The molecule has 5 heteroatoms. The van der Waals surface area contributed by atoms with Crippen molar-refractivity contribution in [2.75, 3.05) is 19.6 Å². The van der Waals surface area contributed by atoms with Crippen molar-refractivity contribution in [3.05, 3.63) is 64.4 Å². The number of rotatable bonds is 8. The fraction of sp³-hybridized carbons (Fsp3) is 0.450. The number of halogens is 1. The summed E-state index contributed by atoms with van der Waals surface area (Å²) < 4.78 is 0. The van der Waals surface area contributed by atoms with Crippen molar-refractivity contribution >= 4 is 11.6 Å². The van der Waals surface area contributed by atoms with Crippen LogP contribution >= 0.6 is 11.6 Å². The van der Waals surface area contributed by atoms with Crippen LogP contribution in [-0.2, 0) is 19.5 Å². The molecule has 134 valence electrons. The molecule has 0 aliphatic carbocycles. The van der Waals surface area contributed by atoms with Crippen molar-refractivity contribution < 1.29 is 0 Å². The number of hydrogen-bond acceptors (Lipinski definition) is 4. The zero-order valence-corrected chi connectivity index (χ0v) is 15.4. The Bertz CT molecular complexity index is 676. The lowest BCUT2D eigenvalue weighted by atomic mass is 9.95. The Labute approximate surface area is 155 Å². The summed E-state index contributed by atoms with van der Waals surface area (Å²) in [7, 11) is 0. The van der Waals surface area contributed by atoms with Crippen molar-refractivity contribution in [1.29, 1.82) is 0 Å². The second-order valence-corrected chi connectivity index (χ2v) is 7.18. The Kier molecular flexibility index (Phi) is 6.82. The standard InChI is InChI=1S/C20H27ClN4/c21-18-7-9-23-20(12-18)15-25(10-4-3-8-22)14-19-11-16-5-1-2-6-17(16)13-24-19/h1-2,5-7,9,12,19,24H,3-4,8,10-11,13-15,22H2. The normalized spacial score (nSPS) is 16.8. The molecular weight excluding hydrogens is 332 g/mol. The van der Waals surface area contributed by atoms with Gasteiger partial charge >= 0.3 is 0 Å². The molecule has 0 fully saturated rings. The fourth-order valence-corrected chi connectivity index (χ4v) is 3.62. The molecule has 1 aromatic heterocycles. The van der Waals surface area contributed by atoms with Crippen LogP contribution in [0.4, 0.5) is 0 Å². The van der Waals surface area contributed by atoms with Gasteiger partial charge in [0.2, 0.25) is 0 Å². The van der Waals surface area contributed by atoms with Gasteiger partial charge in [0, 0.05) is 36.9 Å². The number of fused-ring (bicyclic) bond motifs is 1.